The molecule has 21 heavy (non-hydrogen) atoms. The average molecular weight is 393 g/mol. The number of rotatable bonds is 5. The third-order valence-electron chi connectivity index (χ3n) is 2.49. The van der Waals surface area contributed by atoms with Gasteiger partial charge in [0.05, 0.1) is 17.0 Å². The maximum atomic E-state index is 12.1. The molecule has 1 aromatic carbocycles. The van der Waals surface area contributed by atoms with E-state index in [1.807, 2.05) is 0 Å². The van der Waals surface area contributed by atoms with Crippen molar-refractivity contribution in [2.24, 2.45) is 0 Å². The number of carbonyl (C=O) groups is 1. The zero-order valence-corrected chi connectivity index (χ0v) is 13.5. The van der Waals surface area contributed by atoms with Crippen molar-refractivity contribution in [2.75, 3.05) is 0 Å². The minimum absolute atomic E-state index is 0.0250. The molecule has 0 atom stereocenters. The molecule has 2 aromatic rings. The normalized spacial score (nSPS) is 11.5. The van der Waals surface area contributed by atoms with Crippen LogP contribution in [0, 0.1) is 0 Å². The van der Waals surface area contributed by atoms with Crippen molar-refractivity contribution < 1.29 is 18.3 Å². The van der Waals surface area contributed by atoms with Crippen LogP contribution in [0.15, 0.2) is 37.7 Å². The van der Waals surface area contributed by atoms with E-state index in [0.717, 1.165) is 11.3 Å². The highest BCUT2D eigenvalue weighted by Crippen LogP contribution is 2.23. The minimum atomic E-state index is -3.83. The smallest absolute Gasteiger partial charge is 0.335 e. The molecular formula is C11H9BrN2O5S2. The number of nitrogens with one attached hydrogen (secondary N) is 2. The van der Waals surface area contributed by atoms with E-state index in [9.17, 15) is 18.0 Å². The number of hydrogen-bond donors (Lipinski definition) is 3. The van der Waals surface area contributed by atoms with Crippen molar-refractivity contribution in [3.05, 3.63) is 49.0 Å². The Morgan fingerprint density at radius 3 is 2.67 bits per heavy atom. The summed E-state index contributed by atoms with van der Waals surface area (Å²) >= 11 is 3.98. The number of sulfonamides is 1. The number of aromatic nitrogens is 1. The lowest BCUT2D eigenvalue weighted by molar-refractivity contribution is 0.0696. The first-order valence-corrected chi connectivity index (χ1v) is 8.64. The zero-order valence-electron chi connectivity index (χ0n) is 10.3. The van der Waals surface area contributed by atoms with Crippen LogP contribution in [0.4, 0.5) is 0 Å². The number of halogens is 1. The van der Waals surface area contributed by atoms with E-state index in [-0.39, 0.29) is 26.3 Å². The van der Waals surface area contributed by atoms with E-state index in [2.05, 4.69) is 25.6 Å². The maximum Gasteiger partial charge on any atom is 0.335 e. The van der Waals surface area contributed by atoms with Crippen LogP contribution >= 0.6 is 27.3 Å². The van der Waals surface area contributed by atoms with Crippen molar-refractivity contribution in [1.29, 1.82) is 0 Å². The summed E-state index contributed by atoms with van der Waals surface area (Å²) < 4.78 is 26.7. The first kappa shape index (κ1) is 15.9. The molecule has 0 aliphatic carbocycles. The van der Waals surface area contributed by atoms with Gasteiger partial charge in [-0.25, -0.2) is 17.9 Å². The highest BCUT2D eigenvalue weighted by molar-refractivity contribution is 9.10. The Bertz CT molecular complexity index is 840. The van der Waals surface area contributed by atoms with Gasteiger partial charge >= 0.3 is 10.8 Å². The Hall–Kier alpha value is -1.49. The van der Waals surface area contributed by atoms with Gasteiger partial charge < -0.3 is 10.1 Å². The molecule has 3 N–H and O–H groups in total. The minimum Gasteiger partial charge on any atom is -0.478 e. The van der Waals surface area contributed by atoms with Crippen molar-refractivity contribution >= 4 is 43.3 Å². The summed E-state index contributed by atoms with van der Waals surface area (Å²) in [7, 11) is -3.83. The highest BCUT2D eigenvalue weighted by atomic mass is 79.9. The number of thiazole rings is 1. The lowest BCUT2D eigenvalue weighted by Gasteiger charge is -2.08. The van der Waals surface area contributed by atoms with Crippen LogP contribution in [0.2, 0.25) is 0 Å². The number of carboxylic acid groups (broad SMARTS) is 1. The molecule has 0 saturated carbocycles. The van der Waals surface area contributed by atoms with Gasteiger partial charge in [-0.2, -0.15) is 0 Å². The predicted molar refractivity (Wildman–Crippen MR) is 80.1 cm³/mol. The van der Waals surface area contributed by atoms with Gasteiger partial charge in [-0.15, -0.1) is 0 Å². The second kappa shape index (κ2) is 6.10. The monoisotopic (exact) mass is 392 g/mol. The maximum absolute atomic E-state index is 12.1. The third-order valence-corrected chi connectivity index (χ3v) is 5.59. The number of hydrogen-bond acceptors (Lipinski definition) is 5. The number of carboxylic acids is 1. The van der Waals surface area contributed by atoms with Crippen LogP contribution in [-0.4, -0.2) is 24.5 Å². The van der Waals surface area contributed by atoms with Crippen molar-refractivity contribution in [3.8, 4) is 0 Å². The summed E-state index contributed by atoms with van der Waals surface area (Å²) in [5, 5.41) is 10.4. The zero-order chi connectivity index (χ0) is 15.6. The fraction of sp³-hybridized carbons (Fsp3) is 0.0909. The van der Waals surface area contributed by atoms with Crippen molar-refractivity contribution in [1.82, 2.24) is 9.71 Å². The van der Waals surface area contributed by atoms with Gasteiger partial charge in [0.1, 0.15) is 0 Å². The lowest BCUT2D eigenvalue weighted by atomic mass is 10.2. The molecule has 0 amide bonds. The molecule has 0 saturated heterocycles. The van der Waals surface area contributed by atoms with Gasteiger partial charge in [0, 0.05) is 15.5 Å². The van der Waals surface area contributed by atoms with E-state index < -0.39 is 16.0 Å². The van der Waals surface area contributed by atoms with E-state index in [1.165, 1.54) is 23.6 Å². The van der Waals surface area contributed by atoms with Crippen LogP contribution < -0.4 is 9.60 Å². The van der Waals surface area contributed by atoms with E-state index in [4.69, 9.17) is 5.11 Å². The number of aromatic amines is 1. The topological polar surface area (TPSA) is 116 Å². The largest absolute Gasteiger partial charge is 0.478 e. The number of benzene rings is 1. The van der Waals surface area contributed by atoms with Crippen LogP contribution in [0.1, 0.15) is 16.1 Å². The Balaban J connectivity index is 2.23. The van der Waals surface area contributed by atoms with E-state index >= 15 is 0 Å². The Kier molecular flexibility index (Phi) is 4.61. The Morgan fingerprint density at radius 2 is 2.14 bits per heavy atom. The summed E-state index contributed by atoms with van der Waals surface area (Å²) in [5.41, 5.74) is 0.426. The summed E-state index contributed by atoms with van der Waals surface area (Å²) in [6.07, 6.45) is 0. The van der Waals surface area contributed by atoms with Gasteiger partial charge in [-0.3, -0.25) is 4.79 Å². The first-order valence-electron chi connectivity index (χ1n) is 5.49. The molecule has 1 heterocycles. The second-order valence-electron chi connectivity index (χ2n) is 3.95. The van der Waals surface area contributed by atoms with Gasteiger partial charge in [0.15, 0.2) is 0 Å². The molecule has 7 nitrogen and oxygen atoms in total. The SMILES string of the molecule is O=C(O)c1ccc(S(=O)(=O)NCc2csc(=O)[nH]2)c(Br)c1. The van der Waals surface area contributed by atoms with Crippen molar-refractivity contribution in [3.63, 3.8) is 0 Å². The van der Waals surface area contributed by atoms with Crippen LogP contribution in [0.3, 0.4) is 0 Å². The standard InChI is InChI=1S/C11H9BrN2O5S2/c12-8-3-6(10(15)16)1-2-9(8)21(18,19)13-4-7-5-20-11(17)14-7/h1-3,5,13H,4H2,(H,14,17)(H,15,16). The predicted octanol–water partition coefficient (Wildman–Crippen LogP) is 1.38. The first-order chi connectivity index (χ1) is 9.79. The van der Waals surface area contributed by atoms with Crippen molar-refractivity contribution in [2.45, 2.75) is 11.4 Å². The molecule has 0 aliphatic heterocycles. The summed E-state index contributed by atoms with van der Waals surface area (Å²) in [5.74, 6) is -1.15. The third kappa shape index (κ3) is 3.79. The molecule has 10 heteroatoms. The summed E-state index contributed by atoms with van der Waals surface area (Å²) in [4.78, 5) is 23.9. The number of aromatic carboxylic acids is 1. The van der Waals surface area contributed by atoms with Gasteiger partial charge in [0.2, 0.25) is 10.0 Å². The van der Waals surface area contributed by atoms with E-state index in [0.29, 0.717) is 5.69 Å². The van der Waals surface area contributed by atoms with E-state index in [1.54, 1.807) is 0 Å². The fourth-order valence-corrected chi connectivity index (χ4v) is 4.17. The molecule has 1 aromatic heterocycles. The Morgan fingerprint density at radius 1 is 1.43 bits per heavy atom. The molecule has 0 unspecified atom stereocenters. The van der Waals surface area contributed by atoms with Gasteiger partial charge in [-0.1, -0.05) is 11.3 Å². The van der Waals surface area contributed by atoms with Crippen LogP contribution in [0.25, 0.3) is 0 Å². The summed E-state index contributed by atoms with van der Waals surface area (Å²) in [6.45, 7) is -0.0613. The van der Waals surface area contributed by atoms with Crippen LogP contribution in [-0.2, 0) is 16.6 Å². The fourth-order valence-electron chi connectivity index (χ4n) is 1.50. The molecule has 2 rings (SSSR count). The quantitative estimate of drug-likeness (QED) is 0.710. The molecule has 0 radical (unpaired) electrons. The van der Waals surface area contributed by atoms with Gasteiger partial charge in [-0.05, 0) is 34.1 Å². The van der Waals surface area contributed by atoms with Crippen LogP contribution in [0.5, 0.6) is 0 Å². The average Bonchev–Trinajstić information content (AvgIpc) is 2.82. The molecule has 112 valence electrons. The molecular weight excluding hydrogens is 384 g/mol. The lowest BCUT2D eigenvalue weighted by Crippen LogP contribution is -2.24. The number of H-pyrrole nitrogens is 1. The molecule has 0 aliphatic rings. The molecule has 0 bridgehead atoms. The molecule has 0 spiro atoms. The summed E-state index contributed by atoms with van der Waals surface area (Å²) in [6, 6.07) is 3.61. The Labute approximate surface area is 131 Å². The van der Waals surface area contributed by atoms with Gasteiger partial charge in [0.25, 0.3) is 0 Å². The molecule has 0 fully saturated rings. The highest BCUT2D eigenvalue weighted by Gasteiger charge is 2.19. The second-order valence-corrected chi connectivity index (χ2v) is 7.38.